The Bertz CT molecular complexity index is 1050. The molecule has 180 valence electrons. The van der Waals surface area contributed by atoms with E-state index in [2.05, 4.69) is 19.1 Å². The Labute approximate surface area is 201 Å². The molecule has 2 atom stereocenters. The van der Waals surface area contributed by atoms with Gasteiger partial charge < -0.3 is 9.47 Å². The zero-order chi connectivity index (χ0) is 24.1. The van der Waals surface area contributed by atoms with Gasteiger partial charge in [0, 0.05) is 6.42 Å². The Kier molecular flexibility index (Phi) is 7.63. The molecule has 0 aliphatic carbocycles. The first-order valence-electron chi connectivity index (χ1n) is 12.0. The number of hydrogen-bond acceptors (Lipinski definition) is 6. The van der Waals surface area contributed by atoms with Gasteiger partial charge in [0.25, 0.3) is 5.91 Å². The number of likely N-dealkylation sites (tertiary alicyclic amines) is 1. The van der Waals surface area contributed by atoms with Crippen LogP contribution in [0.25, 0.3) is 0 Å². The van der Waals surface area contributed by atoms with Crippen molar-refractivity contribution < 1.29 is 19.1 Å². The Morgan fingerprint density at radius 2 is 1.91 bits per heavy atom. The number of nitrogens with zero attached hydrogens (tertiary/aromatic N) is 3. The SMILES string of the molecule is CCOC(=O)[C@H]1CCCCN1CC(=O)N1N=C(c2cccc(C)c2)C[C@@H]1c1ccc(OC)cc1. The second-order valence-corrected chi connectivity index (χ2v) is 8.88. The minimum Gasteiger partial charge on any atom is -0.497 e. The molecule has 0 bridgehead atoms. The van der Waals surface area contributed by atoms with Crippen molar-refractivity contribution in [1.82, 2.24) is 9.91 Å². The van der Waals surface area contributed by atoms with Gasteiger partial charge in [-0.15, -0.1) is 0 Å². The Hall–Kier alpha value is -3.19. The van der Waals surface area contributed by atoms with Crippen molar-refractivity contribution in [2.24, 2.45) is 5.10 Å². The molecule has 7 nitrogen and oxygen atoms in total. The zero-order valence-electron chi connectivity index (χ0n) is 20.2. The van der Waals surface area contributed by atoms with E-state index in [1.165, 1.54) is 0 Å². The summed E-state index contributed by atoms with van der Waals surface area (Å²) in [4.78, 5) is 28.0. The summed E-state index contributed by atoms with van der Waals surface area (Å²) in [5.74, 6) is 0.414. The third-order valence-corrected chi connectivity index (χ3v) is 6.53. The Morgan fingerprint density at radius 3 is 2.62 bits per heavy atom. The molecule has 2 heterocycles. The topological polar surface area (TPSA) is 71.4 Å². The highest BCUT2D eigenvalue weighted by atomic mass is 16.5. The van der Waals surface area contributed by atoms with Crippen molar-refractivity contribution in [3.8, 4) is 5.75 Å². The summed E-state index contributed by atoms with van der Waals surface area (Å²) in [6.45, 7) is 5.04. The van der Waals surface area contributed by atoms with Gasteiger partial charge >= 0.3 is 5.97 Å². The van der Waals surface area contributed by atoms with Gasteiger partial charge in [0.15, 0.2) is 0 Å². The van der Waals surface area contributed by atoms with Gasteiger partial charge in [0.1, 0.15) is 11.8 Å². The number of hydrazone groups is 1. The summed E-state index contributed by atoms with van der Waals surface area (Å²) in [5.41, 5.74) is 4.06. The number of piperidine rings is 1. The highest BCUT2D eigenvalue weighted by molar-refractivity contribution is 6.03. The summed E-state index contributed by atoms with van der Waals surface area (Å²) < 4.78 is 10.6. The lowest BCUT2D eigenvalue weighted by molar-refractivity contribution is -0.152. The van der Waals surface area contributed by atoms with Crippen molar-refractivity contribution >= 4 is 17.6 Å². The maximum absolute atomic E-state index is 13.6. The summed E-state index contributed by atoms with van der Waals surface area (Å²) >= 11 is 0. The Morgan fingerprint density at radius 1 is 1.12 bits per heavy atom. The van der Waals surface area contributed by atoms with E-state index in [0.29, 0.717) is 26.0 Å². The summed E-state index contributed by atoms with van der Waals surface area (Å²) in [7, 11) is 1.64. The molecule has 1 amide bonds. The van der Waals surface area contributed by atoms with Gasteiger partial charge in [-0.25, -0.2) is 5.01 Å². The lowest BCUT2D eigenvalue weighted by atomic mass is 9.97. The van der Waals surface area contributed by atoms with Crippen LogP contribution in [0.5, 0.6) is 5.75 Å². The van der Waals surface area contributed by atoms with E-state index >= 15 is 0 Å². The predicted molar refractivity (Wildman–Crippen MR) is 131 cm³/mol. The molecule has 1 fully saturated rings. The number of esters is 1. The Balaban J connectivity index is 1.60. The maximum atomic E-state index is 13.6. The molecule has 1 saturated heterocycles. The average molecular weight is 464 g/mol. The number of carbonyl (C=O) groups is 2. The molecule has 0 spiro atoms. The van der Waals surface area contributed by atoms with Crippen molar-refractivity contribution in [2.75, 3.05) is 26.8 Å². The van der Waals surface area contributed by atoms with Crippen LogP contribution < -0.4 is 4.74 Å². The van der Waals surface area contributed by atoms with Gasteiger partial charge in [-0.05, 0) is 56.5 Å². The van der Waals surface area contributed by atoms with Crippen LogP contribution in [0.1, 0.15) is 55.3 Å². The molecule has 0 unspecified atom stereocenters. The van der Waals surface area contributed by atoms with Gasteiger partial charge in [0.05, 0.1) is 32.0 Å². The molecule has 0 N–H and O–H groups in total. The number of hydrogen-bond donors (Lipinski definition) is 0. The van der Waals surface area contributed by atoms with Crippen molar-refractivity contribution in [2.45, 2.75) is 51.6 Å². The molecule has 2 aromatic carbocycles. The van der Waals surface area contributed by atoms with Crippen LogP contribution in [0.15, 0.2) is 53.6 Å². The first-order valence-corrected chi connectivity index (χ1v) is 12.0. The van der Waals surface area contributed by atoms with Crippen LogP contribution in [0.4, 0.5) is 0 Å². The summed E-state index contributed by atoms with van der Waals surface area (Å²) in [6, 6.07) is 15.4. The average Bonchev–Trinajstić information content (AvgIpc) is 3.30. The van der Waals surface area contributed by atoms with Crippen molar-refractivity contribution in [3.63, 3.8) is 0 Å². The molecular formula is C27H33N3O4. The molecule has 2 aromatic rings. The van der Waals surface area contributed by atoms with E-state index in [1.54, 1.807) is 19.0 Å². The van der Waals surface area contributed by atoms with E-state index in [9.17, 15) is 9.59 Å². The van der Waals surface area contributed by atoms with Crippen LogP contribution in [-0.2, 0) is 14.3 Å². The van der Waals surface area contributed by atoms with E-state index < -0.39 is 0 Å². The highest BCUT2D eigenvalue weighted by Gasteiger charge is 2.37. The first-order chi connectivity index (χ1) is 16.5. The van der Waals surface area contributed by atoms with Crippen LogP contribution in [-0.4, -0.2) is 60.3 Å². The number of rotatable bonds is 7. The highest BCUT2D eigenvalue weighted by Crippen LogP contribution is 2.34. The number of benzene rings is 2. The third-order valence-electron chi connectivity index (χ3n) is 6.53. The zero-order valence-corrected chi connectivity index (χ0v) is 20.2. The minimum absolute atomic E-state index is 0.111. The molecule has 2 aliphatic rings. The molecule has 0 saturated carbocycles. The molecule has 2 aliphatic heterocycles. The molecular weight excluding hydrogens is 430 g/mol. The maximum Gasteiger partial charge on any atom is 0.323 e. The second kappa shape index (κ2) is 10.8. The molecule has 7 heteroatoms. The summed E-state index contributed by atoms with van der Waals surface area (Å²) in [5, 5.41) is 6.41. The van der Waals surface area contributed by atoms with Crippen LogP contribution in [0.3, 0.4) is 0 Å². The first kappa shape index (κ1) is 24.0. The molecule has 4 rings (SSSR count). The van der Waals surface area contributed by atoms with E-state index in [1.807, 2.05) is 41.3 Å². The number of carbonyl (C=O) groups excluding carboxylic acids is 2. The largest absolute Gasteiger partial charge is 0.497 e. The van der Waals surface area contributed by atoms with Crippen molar-refractivity contribution in [1.29, 1.82) is 0 Å². The van der Waals surface area contributed by atoms with Crippen LogP contribution >= 0.6 is 0 Å². The fraction of sp³-hybridized carbons (Fsp3) is 0.444. The van der Waals surface area contributed by atoms with Gasteiger partial charge in [0.2, 0.25) is 0 Å². The lowest BCUT2D eigenvalue weighted by Gasteiger charge is -2.34. The fourth-order valence-corrected chi connectivity index (χ4v) is 4.76. The number of aryl methyl sites for hydroxylation is 1. The fourth-order valence-electron chi connectivity index (χ4n) is 4.76. The standard InChI is InChI=1S/C27H33N3O4/c1-4-34-27(32)24-10-5-6-15-29(24)18-26(31)30-25(20-11-13-22(33-3)14-12-20)17-23(28-30)21-9-7-8-19(2)16-21/h7-9,11-14,16,24-25H,4-6,10,15,17-18H2,1-3H3/t24-,25-/m1/s1. The third kappa shape index (κ3) is 5.30. The van der Waals surface area contributed by atoms with Crippen molar-refractivity contribution in [3.05, 3.63) is 65.2 Å². The van der Waals surface area contributed by atoms with Crippen LogP contribution in [0.2, 0.25) is 0 Å². The lowest BCUT2D eigenvalue weighted by Crippen LogP contribution is -2.49. The van der Waals surface area contributed by atoms with E-state index in [4.69, 9.17) is 14.6 Å². The van der Waals surface area contributed by atoms with Gasteiger partial charge in [-0.2, -0.15) is 5.10 Å². The smallest absolute Gasteiger partial charge is 0.323 e. The van der Waals surface area contributed by atoms with E-state index in [0.717, 1.165) is 41.0 Å². The van der Waals surface area contributed by atoms with Crippen LogP contribution in [0, 0.1) is 6.92 Å². The van der Waals surface area contributed by atoms with Gasteiger partial charge in [-0.3, -0.25) is 14.5 Å². The molecule has 0 aromatic heterocycles. The number of ether oxygens (including phenoxy) is 2. The van der Waals surface area contributed by atoms with Gasteiger partial charge in [-0.1, -0.05) is 48.4 Å². The normalized spacial score (nSPS) is 20.7. The number of methoxy groups -OCH3 is 1. The minimum atomic E-state index is -0.375. The molecule has 0 radical (unpaired) electrons. The summed E-state index contributed by atoms with van der Waals surface area (Å²) in [6.07, 6.45) is 3.26. The quantitative estimate of drug-likeness (QED) is 0.578. The predicted octanol–water partition coefficient (Wildman–Crippen LogP) is 4.10. The number of amides is 1. The van der Waals surface area contributed by atoms with E-state index in [-0.39, 0.29) is 30.5 Å². The monoisotopic (exact) mass is 463 g/mol. The second-order valence-electron chi connectivity index (χ2n) is 8.88. The molecule has 34 heavy (non-hydrogen) atoms.